The Labute approximate surface area is 133 Å². The molecule has 22 heavy (non-hydrogen) atoms. The fraction of sp³-hybridized carbons (Fsp3) is 0.100. The van der Waals surface area contributed by atoms with Crippen molar-refractivity contribution in [2.45, 2.75) is 12.5 Å². The van der Waals surface area contributed by atoms with Crippen LogP contribution < -0.4 is 15.8 Å². The average molecular weight is 303 g/mol. The molecule has 0 aliphatic rings. The van der Waals surface area contributed by atoms with Gasteiger partial charge in [-0.05, 0) is 21.5 Å². The normalized spacial score (nSPS) is 12.8. The molecule has 3 rings (SSSR count). The second-order valence-electron chi connectivity index (χ2n) is 5.73. The van der Waals surface area contributed by atoms with E-state index in [2.05, 4.69) is 97.9 Å². The van der Waals surface area contributed by atoms with Gasteiger partial charge < -0.3 is 5.40 Å². The van der Waals surface area contributed by atoms with Gasteiger partial charge in [-0.25, -0.2) is 0 Å². The van der Waals surface area contributed by atoms with Crippen LogP contribution in [0.2, 0.25) is 0 Å². The Morgan fingerprint density at radius 2 is 1.00 bits per heavy atom. The molecule has 0 aliphatic heterocycles. The van der Waals surface area contributed by atoms with E-state index in [0.29, 0.717) is 5.54 Å². The Morgan fingerprint density at radius 3 is 1.41 bits per heavy atom. The van der Waals surface area contributed by atoms with Gasteiger partial charge in [-0.15, -0.1) is 0 Å². The van der Waals surface area contributed by atoms with Gasteiger partial charge in [0.2, 0.25) is 0 Å². The fourth-order valence-electron chi connectivity index (χ4n) is 3.10. The van der Waals surface area contributed by atoms with E-state index in [-0.39, 0.29) is 0 Å². The van der Waals surface area contributed by atoms with E-state index in [1.165, 1.54) is 15.9 Å². The molecule has 0 aromatic heterocycles. The Hall–Kier alpha value is -2.16. The number of hydrogen-bond acceptors (Lipinski definition) is 1. The fourth-order valence-corrected chi connectivity index (χ4v) is 6.64. The van der Waals surface area contributed by atoms with Crippen LogP contribution >= 0.6 is 0 Å². The molecule has 0 radical (unpaired) electrons. The molecule has 0 saturated carbocycles. The lowest BCUT2D eigenvalue weighted by Crippen LogP contribution is -2.69. The highest BCUT2D eigenvalue weighted by Gasteiger charge is 2.39. The summed E-state index contributed by atoms with van der Waals surface area (Å²) in [7, 11) is -2.35. The summed E-state index contributed by atoms with van der Waals surface area (Å²) in [5.41, 5.74) is 1.61. The zero-order valence-electron chi connectivity index (χ0n) is 12.8. The van der Waals surface area contributed by atoms with Crippen molar-refractivity contribution in [1.82, 2.24) is 0 Å². The van der Waals surface area contributed by atoms with Gasteiger partial charge >= 0.3 is 0 Å². The third-order valence-electron chi connectivity index (χ3n) is 4.49. The standard InChI is InChI=1S/C20H21NSi/c1-17(18-11-5-2-6-12-18)22(21,19-13-7-3-8-14-19)20-15-9-4-10-16-20/h2-17H,21H2,1H3. The predicted molar refractivity (Wildman–Crippen MR) is 97.0 cm³/mol. The quantitative estimate of drug-likeness (QED) is 0.737. The van der Waals surface area contributed by atoms with Crippen molar-refractivity contribution in [2.24, 2.45) is 5.40 Å². The van der Waals surface area contributed by atoms with Gasteiger partial charge in [-0.2, -0.15) is 0 Å². The molecule has 0 bridgehead atoms. The van der Waals surface area contributed by atoms with Crippen LogP contribution in [0, 0.1) is 0 Å². The maximum absolute atomic E-state index is 7.16. The Morgan fingerprint density at radius 1 is 0.636 bits per heavy atom. The lowest BCUT2D eigenvalue weighted by molar-refractivity contribution is 1.02. The molecule has 1 atom stereocenters. The number of nitrogens with two attached hydrogens (primary N) is 1. The molecule has 110 valence electrons. The predicted octanol–water partition coefficient (Wildman–Crippen LogP) is 3.05. The molecule has 3 aromatic carbocycles. The van der Waals surface area contributed by atoms with Crippen LogP contribution in [0.15, 0.2) is 91.0 Å². The zero-order valence-corrected chi connectivity index (χ0v) is 13.8. The second kappa shape index (κ2) is 6.30. The summed E-state index contributed by atoms with van der Waals surface area (Å²) in [6, 6.07) is 31.8. The molecule has 0 spiro atoms. The summed E-state index contributed by atoms with van der Waals surface area (Å²) in [6.45, 7) is 2.27. The number of rotatable bonds is 4. The van der Waals surface area contributed by atoms with Crippen LogP contribution in [-0.4, -0.2) is 8.24 Å². The first-order valence-corrected chi connectivity index (χ1v) is 9.83. The van der Waals surface area contributed by atoms with Crippen molar-refractivity contribution in [3.63, 3.8) is 0 Å². The van der Waals surface area contributed by atoms with Gasteiger partial charge in [0.05, 0.1) is 0 Å². The van der Waals surface area contributed by atoms with Gasteiger partial charge in [-0.3, -0.25) is 0 Å². The van der Waals surface area contributed by atoms with Crippen molar-refractivity contribution in [2.75, 3.05) is 0 Å². The third kappa shape index (κ3) is 2.63. The highest BCUT2D eigenvalue weighted by molar-refractivity contribution is 7.00. The van der Waals surface area contributed by atoms with Crippen molar-refractivity contribution >= 4 is 18.6 Å². The first kappa shape index (κ1) is 14.8. The van der Waals surface area contributed by atoms with Crippen molar-refractivity contribution < 1.29 is 0 Å². The molecular formula is C20H21NSi. The van der Waals surface area contributed by atoms with Crippen LogP contribution in [0.1, 0.15) is 18.0 Å². The minimum Gasteiger partial charge on any atom is -0.343 e. The largest absolute Gasteiger partial charge is 0.343 e. The molecule has 3 aromatic rings. The smallest absolute Gasteiger partial charge is 0.194 e. The van der Waals surface area contributed by atoms with Crippen molar-refractivity contribution in [1.29, 1.82) is 0 Å². The minimum atomic E-state index is -2.35. The van der Waals surface area contributed by atoms with E-state index < -0.39 is 8.24 Å². The molecule has 0 saturated heterocycles. The summed E-state index contributed by atoms with van der Waals surface area (Å²) in [5, 5.41) is 9.71. The lowest BCUT2D eigenvalue weighted by atomic mass is 10.2. The summed E-state index contributed by atoms with van der Waals surface area (Å²) < 4.78 is 0. The van der Waals surface area contributed by atoms with Gasteiger partial charge in [0.15, 0.2) is 8.24 Å². The first-order chi connectivity index (χ1) is 10.7. The molecule has 0 aliphatic carbocycles. The van der Waals surface area contributed by atoms with E-state index in [9.17, 15) is 0 Å². The van der Waals surface area contributed by atoms with Gasteiger partial charge in [0, 0.05) is 0 Å². The van der Waals surface area contributed by atoms with Crippen molar-refractivity contribution in [3.05, 3.63) is 96.6 Å². The first-order valence-electron chi connectivity index (χ1n) is 7.68. The van der Waals surface area contributed by atoms with Crippen molar-refractivity contribution in [3.8, 4) is 0 Å². The highest BCUT2D eigenvalue weighted by Crippen LogP contribution is 2.23. The monoisotopic (exact) mass is 303 g/mol. The van der Waals surface area contributed by atoms with E-state index in [1.807, 2.05) is 0 Å². The maximum Gasteiger partial charge on any atom is 0.194 e. The van der Waals surface area contributed by atoms with E-state index in [1.54, 1.807) is 0 Å². The van der Waals surface area contributed by atoms with E-state index >= 15 is 0 Å². The molecule has 1 nitrogen and oxygen atoms in total. The second-order valence-corrected chi connectivity index (χ2v) is 9.49. The molecule has 2 heteroatoms. The molecule has 1 unspecified atom stereocenters. The Balaban J connectivity index is 2.16. The molecule has 0 heterocycles. The summed E-state index contributed by atoms with van der Waals surface area (Å²) in [6.07, 6.45) is 0. The molecule has 0 fully saturated rings. The van der Waals surface area contributed by atoms with E-state index in [4.69, 9.17) is 5.40 Å². The van der Waals surface area contributed by atoms with Crippen LogP contribution in [0.4, 0.5) is 0 Å². The van der Waals surface area contributed by atoms with Crippen LogP contribution in [0.5, 0.6) is 0 Å². The average Bonchev–Trinajstić information content (AvgIpc) is 2.62. The summed E-state index contributed by atoms with van der Waals surface area (Å²) in [5.74, 6) is 0. The molecule has 0 amide bonds. The molecular weight excluding hydrogens is 282 g/mol. The van der Waals surface area contributed by atoms with E-state index in [0.717, 1.165) is 0 Å². The zero-order chi connectivity index (χ0) is 15.4. The lowest BCUT2D eigenvalue weighted by Gasteiger charge is -2.34. The maximum atomic E-state index is 7.16. The molecule has 2 N–H and O–H groups in total. The minimum absolute atomic E-state index is 0.304. The van der Waals surface area contributed by atoms with Gasteiger partial charge in [-0.1, -0.05) is 97.9 Å². The SMILES string of the molecule is CC(c1ccccc1)[Si](N)(c1ccccc1)c1ccccc1. The topological polar surface area (TPSA) is 26.0 Å². The summed E-state index contributed by atoms with van der Waals surface area (Å²) in [4.78, 5) is 0. The summed E-state index contributed by atoms with van der Waals surface area (Å²) >= 11 is 0. The van der Waals surface area contributed by atoms with Gasteiger partial charge in [0.25, 0.3) is 0 Å². The van der Waals surface area contributed by atoms with Crippen LogP contribution in [0.25, 0.3) is 0 Å². The third-order valence-corrected chi connectivity index (χ3v) is 8.76. The van der Waals surface area contributed by atoms with Crippen LogP contribution in [0.3, 0.4) is 0 Å². The highest BCUT2D eigenvalue weighted by atomic mass is 28.3. The van der Waals surface area contributed by atoms with Gasteiger partial charge in [0.1, 0.15) is 0 Å². The number of benzene rings is 3. The number of hydrogen-bond donors (Lipinski definition) is 1. The Bertz CT molecular complexity index is 671. The Kier molecular flexibility index (Phi) is 4.23. The van der Waals surface area contributed by atoms with Crippen LogP contribution in [-0.2, 0) is 0 Å².